The van der Waals surface area contributed by atoms with Crippen molar-refractivity contribution in [1.82, 2.24) is 5.16 Å². The molecule has 190 valence electrons. The number of carbonyl (C=O) groups is 2. The Morgan fingerprint density at radius 1 is 1.05 bits per heavy atom. The monoisotopic (exact) mass is 528 g/mol. The third kappa shape index (κ3) is 2.94. The van der Waals surface area contributed by atoms with Crippen LogP contribution in [-0.2, 0) is 10.2 Å². The molecule has 0 amide bonds. The molecule has 1 fully saturated rings. The van der Waals surface area contributed by atoms with Crippen molar-refractivity contribution in [2.75, 3.05) is 0 Å². The van der Waals surface area contributed by atoms with Gasteiger partial charge in [0.05, 0.1) is 22.3 Å². The zero-order valence-corrected chi connectivity index (χ0v) is 20.8. The van der Waals surface area contributed by atoms with E-state index in [1.807, 2.05) is 29.6 Å². The Hall–Kier alpha value is -4.31. The van der Waals surface area contributed by atoms with Gasteiger partial charge in [-0.15, -0.1) is 11.3 Å². The number of aryl methyl sites for hydroxylation is 1. The molecule has 38 heavy (non-hydrogen) atoms. The summed E-state index contributed by atoms with van der Waals surface area (Å²) in [6, 6.07) is 17.9. The summed E-state index contributed by atoms with van der Waals surface area (Å²) in [6.45, 7) is 1.50. The highest BCUT2D eigenvalue weighted by molar-refractivity contribution is 7.10. The lowest BCUT2D eigenvalue weighted by Gasteiger charge is -2.50. The Balaban J connectivity index is 1.55. The maximum atomic E-state index is 14.0. The number of ether oxygens (including phenoxy) is 2. The van der Waals surface area contributed by atoms with Crippen LogP contribution in [0.2, 0.25) is 0 Å². The summed E-state index contributed by atoms with van der Waals surface area (Å²) < 4.78 is 18.0. The normalized spacial score (nSPS) is 27.3. The molecule has 1 spiro atoms. The van der Waals surface area contributed by atoms with E-state index in [9.17, 15) is 19.7 Å². The van der Waals surface area contributed by atoms with Crippen LogP contribution in [0.3, 0.4) is 0 Å². The van der Waals surface area contributed by atoms with Gasteiger partial charge in [-0.1, -0.05) is 41.6 Å². The van der Waals surface area contributed by atoms with Crippen molar-refractivity contribution >= 4 is 28.8 Å². The van der Waals surface area contributed by atoms with Crippen LogP contribution in [-0.4, -0.2) is 27.9 Å². The first-order valence-electron chi connectivity index (χ1n) is 12.2. The predicted octanol–water partition coefficient (Wildman–Crippen LogP) is 5.34. The van der Waals surface area contributed by atoms with E-state index in [0.717, 1.165) is 4.88 Å². The number of Topliss-reactive ketones (excluding diaryl/α,β-unsaturated/α-hetero) is 1. The molecule has 0 saturated heterocycles. The van der Waals surface area contributed by atoms with Gasteiger partial charge < -0.3 is 14.0 Å². The summed E-state index contributed by atoms with van der Waals surface area (Å²) in [6.07, 6.45) is -0.706. The molecule has 4 aromatic rings. The van der Waals surface area contributed by atoms with Gasteiger partial charge in [-0.2, -0.15) is 0 Å². The summed E-state index contributed by atoms with van der Waals surface area (Å²) in [4.78, 5) is 40.5. The Bertz CT molecular complexity index is 1630. The maximum Gasteiger partial charge on any atom is 0.334 e. The van der Waals surface area contributed by atoms with Gasteiger partial charge in [-0.05, 0) is 43.0 Å². The van der Waals surface area contributed by atoms with Crippen LogP contribution in [0.25, 0.3) is 0 Å². The Labute approximate surface area is 220 Å². The average Bonchev–Trinajstić information content (AvgIpc) is 3.63. The molecule has 2 aromatic carbocycles. The number of benzene rings is 2. The fraction of sp³-hybridized carbons (Fsp3) is 0.250. The lowest BCUT2D eigenvalue weighted by atomic mass is 9.53. The predicted molar refractivity (Wildman–Crippen MR) is 135 cm³/mol. The summed E-state index contributed by atoms with van der Waals surface area (Å²) in [7, 11) is 0. The van der Waals surface area contributed by atoms with Gasteiger partial charge in [-0.25, -0.2) is 0 Å². The van der Waals surface area contributed by atoms with Gasteiger partial charge in [0.15, 0.2) is 11.5 Å². The minimum absolute atomic E-state index is 0.00987. The Kier molecular flexibility index (Phi) is 4.87. The van der Waals surface area contributed by atoms with E-state index in [-0.39, 0.29) is 29.3 Å². The lowest BCUT2D eigenvalue weighted by molar-refractivity contribution is -0.387. The van der Waals surface area contributed by atoms with E-state index in [4.69, 9.17) is 14.0 Å². The first-order valence-corrected chi connectivity index (χ1v) is 13.1. The van der Waals surface area contributed by atoms with Crippen LogP contribution in [0, 0.1) is 23.0 Å². The number of para-hydroxylation sites is 2. The average molecular weight is 529 g/mol. The third-order valence-corrected chi connectivity index (χ3v) is 9.02. The number of rotatable bonds is 3. The fourth-order valence-electron chi connectivity index (χ4n) is 6.58. The van der Waals surface area contributed by atoms with Crippen LogP contribution in [0.1, 0.15) is 50.5 Å². The van der Waals surface area contributed by atoms with Crippen LogP contribution in [0.15, 0.2) is 70.6 Å². The standard InChI is InChI=1S/C28H20N2O7S/c1-14-23(30(33)34)26(37-29-14)21-22(20-11-6-12-38-20)28(17-8-3-5-10-19(17)36-27(28)32)13-16-24(31)15-7-2-4-9-18(15)35-25(16)21/h2-12,16,21-22,25H,13H2,1H3/t16-,21-,22-,25-,28-/m1/s1. The molecule has 1 aliphatic carbocycles. The molecule has 0 unspecified atom stereocenters. The molecule has 5 atom stereocenters. The maximum absolute atomic E-state index is 14.0. The van der Waals surface area contributed by atoms with Gasteiger partial charge in [0.25, 0.3) is 0 Å². The molecule has 4 heterocycles. The largest absolute Gasteiger partial charge is 0.488 e. The number of hydrogen-bond donors (Lipinski definition) is 0. The third-order valence-electron chi connectivity index (χ3n) is 8.06. The Morgan fingerprint density at radius 2 is 1.82 bits per heavy atom. The molecule has 9 nitrogen and oxygen atoms in total. The zero-order valence-electron chi connectivity index (χ0n) is 20.0. The van der Waals surface area contributed by atoms with Crippen LogP contribution in [0.4, 0.5) is 5.69 Å². The highest BCUT2D eigenvalue weighted by atomic mass is 32.1. The van der Waals surface area contributed by atoms with E-state index in [0.29, 0.717) is 22.6 Å². The molecular formula is C28H20N2O7S. The SMILES string of the molecule is Cc1noc([C@H]2[C@@H]3Oc4ccccc4C(=O)[C@H]3C[C@]3(C(=O)Oc4ccccc43)[C@@H]2c2cccs2)c1[N+](=O)[O-]. The lowest BCUT2D eigenvalue weighted by Crippen LogP contribution is -2.57. The topological polar surface area (TPSA) is 122 Å². The summed E-state index contributed by atoms with van der Waals surface area (Å²) in [5, 5.41) is 18.1. The first kappa shape index (κ1) is 22.9. The number of esters is 1. The molecule has 1 saturated carbocycles. The number of ketones is 1. The van der Waals surface area contributed by atoms with Crippen LogP contribution < -0.4 is 9.47 Å². The minimum atomic E-state index is -1.30. The number of fused-ring (bicyclic) bond motifs is 4. The number of nitro groups is 1. The number of thiophene rings is 1. The van der Waals surface area contributed by atoms with Crippen LogP contribution >= 0.6 is 11.3 Å². The molecule has 0 N–H and O–H groups in total. The molecule has 0 radical (unpaired) electrons. The summed E-state index contributed by atoms with van der Waals surface area (Å²) in [5.74, 6) is -2.21. The minimum Gasteiger partial charge on any atom is -0.488 e. The second-order valence-corrected chi connectivity index (χ2v) is 10.8. The van der Waals surface area contributed by atoms with Gasteiger partial charge in [0.1, 0.15) is 23.0 Å². The quantitative estimate of drug-likeness (QED) is 0.151. The molecule has 0 bridgehead atoms. The number of hydrogen-bond acceptors (Lipinski definition) is 9. The molecule has 2 aromatic heterocycles. The fourth-order valence-corrected chi connectivity index (χ4v) is 7.54. The van der Waals surface area contributed by atoms with Gasteiger partial charge >= 0.3 is 11.7 Å². The molecule has 2 aliphatic heterocycles. The van der Waals surface area contributed by atoms with Crippen molar-refractivity contribution in [2.45, 2.75) is 36.7 Å². The van der Waals surface area contributed by atoms with Crippen molar-refractivity contribution in [3.8, 4) is 11.5 Å². The van der Waals surface area contributed by atoms with Gasteiger partial charge in [0, 0.05) is 16.4 Å². The van der Waals surface area contributed by atoms with Crippen molar-refractivity contribution < 1.29 is 28.5 Å². The first-order chi connectivity index (χ1) is 18.4. The smallest absolute Gasteiger partial charge is 0.334 e. The second kappa shape index (κ2) is 8.09. The van der Waals surface area contributed by atoms with E-state index >= 15 is 0 Å². The molecule has 7 rings (SSSR count). The van der Waals surface area contributed by atoms with Crippen molar-refractivity contribution in [1.29, 1.82) is 0 Å². The zero-order chi connectivity index (χ0) is 26.2. The summed E-state index contributed by atoms with van der Waals surface area (Å²) in [5.41, 5.74) is -0.393. The van der Waals surface area contributed by atoms with E-state index in [1.165, 1.54) is 18.3 Å². The van der Waals surface area contributed by atoms with E-state index < -0.39 is 40.2 Å². The van der Waals surface area contributed by atoms with Crippen molar-refractivity contribution in [3.05, 3.63) is 104 Å². The number of nitrogens with zero attached hydrogens (tertiary/aromatic N) is 2. The molecule has 3 aliphatic rings. The van der Waals surface area contributed by atoms with Gasteiger partial charge in [0.2, 0.25) is 5.76 Å². The van der Waals surface area contributed by atoms with Crippen LogP contribution in [0.5, 0.6) is 11.5 Å². The number of carbonyl (C=O) groups excluding carboxylic acids is 2. The van der Waals surface area contributed by atoms with Crippen molar-refractivity contribution in [3.63, 3.8) is 0 Å². The molecular weight excluding hydrogens is 508 g/mol. The summed E-state index contributed by atoms with van der Waals surface area (Å²) >= 11 is 1.43. The van der Waals surface area contributed by atoms with Gasteiger partial charge in [-0.3, -0.25) is 19.7 Å². The number of aromatic nitrogens is 1. The van der Waals surface area contributed by atoms with E-state index in [2.05, 4.69) is 5.16 Å². The highest BCUT2D eigenvalue weighted by Gasteiger charge is 2.67. The van der Waals surface area contributed by atoms with E-state index in [1.54, 1.807) is 36.4 Å². The second-order valence-electron chi connectivity index (χ2n) is 9.87. The molecule has 10 heteroatoms. The Morgan fingerprint density at radius 3 is 2.58 bits per heavy atom. The van der Waals surface area contributed by atoms with Crippen molar-refractivity contribution in [2.24, 2.45) is 5.92 Å². The highest BCUT2D eigenvalue weighted by Crippen LogP contribution is 2.64.